The summed E-state index contributed by atoms with van der Waals surface area (Å²) in [6.45, 7) is 8.42. The normalized spacial score (nSPS) is 17.3. The molecule has 106 valence electrons. The maximum absolute atomic E-state index is 6.11. The Labute approximate surface area is 116 Å². The minimum absolute atomic E-state index is 0.0304. The van der Waals surface area contributed by atoms with E-state index in [0.29, 0.717) is 0 Å². The van der Waals surface area contributed by atoms with Gasteiger partial charge in [0.25, 0.3) is 0 Å². The molecule has 0 amide bonds. The van der Waals surface area contributed by atoms with E-state index >= 15 is 0 Å². The fraction of sp³-hybridized carbons (Fsp3) is 0.625. The topological polar surface area (TPSA) is 47.3 Å². The molecule has 3 heteroatoms. The highest BCUT2D eigenvalue weighted by molar-refractivity contribution is 5.41. The smallest absolute Gasteiger partial charge is 0.122 e. The quantitative estimate of drug-likeness (QED) is 0.827. The number of hydrogen-bond donors (Lipinski definition) is 2. The van der Waals surface area contributed by atoms with Crippen LogP contribution in [0.1, 0.15) is 37.8 Å². The van der Waals surface area contributed by atoms with Crippen molar-refractivity contribution in [3.8, 4) is 5.75 Å². The molecule has 1 aliphatic rings. The van der Waals surface area contributed by atoms with Crippen molar-refractivity contribution in [1.82, 2.24) is 5.32 Å². The fourth-order valence-corrected chi connectivity index (χ4v) is 2.41. The lowest BCUT2D eigenvalue weighted by Gasteiger charge is -2.28. The Morgan fingerprint density at radius 2 is 2.05 bits per heavy atom. The van der Waals surface area contributed by atoms with E-state index < -0.39 is 0 Å². The molecular weight excluding hydrogens is 236 g/mol. The van der Waals surface area contributed by atoms with Crippen LogP contribution in [0.2, 0.25) is 0 Å². The summed E-state index contributed by atoms with van der Waals surface area (Å²) < 4.78 is 5.49. The summed E-state index contributed by atoms with van der Waals surface area (Å²) in [4.78, 5) is 0. The van der Waals surface area contributed by atoms with E-state index in [2.05, 4.69) is 44.3 Å². The molecule has 1 aromatic carbocycles. The van der Waals surface area contributed by atoms with Crippen LogP contribution in [0.15, 0.2) is 18.2 Å². The van der Waals surface area contributed by atoms with Crippen LogP contribution in [-0.2, 0) is 5.41 Å². The lowest BCUT2D eigenvalue weighted by Crippen LogP contribution is -2.41. The number of aryl methyl sites for hydroxylation is 1. The lowest BCUT2D eigenvalue weighted by molar-refractivity contribution is 0.382. The molecule has 1 aromatic rings. The van der Waals surface area contributed by atoms with Crippen LogP contribution in [0.3, 0.4) is 0 Å². The van der Waals surface area contributed by atoms with E-state index in [1.54, 1.807) is 7.11 Å². The molecule has 1 aliphatic carbocycles. The Balaban J connectivity index is 2.06. The molecule has 3 N–H and O–H groups in total. The van der Waals surface area contributed by atoms with Gasteiger partial charge in [0, 0.05) is 29.6 Å². The van der Waals surface area contributed by atoms with Gasteiger partial charge in [0.2, 0.25) is 0 Å². The highest BCUT2D eigenvalue weighted by Gasteiger charge is 2.38. The molecule has 0 saturated heterocycles. The van der Waals surface area contributed by atoms with Crippen molar-refractivity contribution in [1.29, 1.82) is 0 Å². The van der Waals surface area contributed by atoms with E-state index in [0.717, 1.165) is 31.7 Å². The third-order valence-electron chi connectivity index (χ3n) is 4.02. The number of benzene rings is 1. The maximum atomic E-state index is 6.11. The van der Waals surface area contributed by atoms with Crippen molar-refractivity contribution < 1.29 is 4.74 Å². The highest BCUT2D eigenvalue weighted by Crippen LogP contribution is 2.33. The van der Waals surface area contributed by atoms with Gasteiger partial charge in [-0.05, 0) is 25.8 Å². The molecule has 0 radical (unpaired) electrons. The van der Waals surface area contributed by atoms with E-state index in [-0.39, 0.29) is 11.0 Å². The first-order valence-corrected chi connectivity index (χ1v) is 7.01. The molecule has 0 unspecified atom stereocenters. The number of methoxy groups -OCH3 is 1. The molecule has 0 aliphatic heterocycles. The number of ether oxygens (including phenoxy) is 1. The van der Waals surface area contributed by atoms with Crippen molar-refractivity contribution in [2.24, 2.45) is 5.73 Å². The molecule has 0 spiro atoms. The fourth-order valence-electron chi connectivity index (χ4n) is 2.41. The number of nitrogens with two attached hydrogens (primary N) is 1. The van der Waals surface area contributed by atoms with Gasteiger partial charge in [-0.15, -0.1) is 0 Å². The lowest BCUT2D eigenvalue weighted by atomic mass is 9.83. The monoisotopic (exact) mass is 262 g/mol. The van der Waals surface area contributed by atoms with Crippen molar-refractivity contribution in [2.75, 3.05) is 20.2 Å². The summed E-state index contributed by atoms with van der Waals surface area (Å²) >= 11 is 0. The van der Waals surface area contributed by atoms with Gasteiger partial charge in [-0.3, -0.25) is 0 Å². The summed E-state index contributed by atoms with van der Waals surface area (Å²) in [6.07, 6.45) is 2.29. The van der Waals surface area contributed by atoms with E-state index in [1.807, 2.05) is 0 Å². The Morgan fingerprint density at radius 3 is 2.63 bits per heavy atom. The maximum Gasteiger partial charge on any atom is 0.122 e. The highest BCUT2D eigenvalue weighted by atomic mass is 16.5. The zero-order valence-electron chi connectivity index (χ0n) is 12.5. The van der Waals surface area contributed by atoms with Gasteiger partial charge >= 0.3 is 0 Å². The van der Waals surface area contributed by atoms with E-state index in [9.17, 15) is 0 Å². The molecular formula is C16H26N2O. The minimum atomic E-state index is 0.0304. The first-order valence-electron chi connectivity index (χ1n) is 7.01. The van der Waals surface area contributed by atoms with Gasteiger partial charge in [-0.25, -0.2) is 0 Å². The molecule has 2 rings (SSSR count). The standard InChI is InChI=1S/C16H26N2O/c1-12-5-6-14(19-4)13(9-12)15(2,3)10-18-11-16(17)7-8-16/h5-6,9,18H,7-8,10-11,17H2,1-4H3. The van der Waals surface area contributed by atoms with Crippen molar-refractivity contribution in [2.45, 2.75) is 44.6 Å². The molecule has 3 nitrogen and oxygen atoms in total. The van der Waals surface area contributed by atoms with Crippen molar-refractivity contribution >= 4 is 0 Å². The van der Waals surface area contributed by atoms with Crippen molar-refractivity contribution in [3.05, 3.63) is 29.3 Å². The third kappa shape index (κ3) is 3.48. The zero-order chi connectivity index (χ0) is 14.1. The average molecular weight is 262 g/mol. The van der Waals surface area contributed by atoms with Gasteiger partial charge < -0.3 is 15.8 Å². The van der Waals surface area contributed by atoms with Gasteiger partial charge in [0.05, 0.1) is 7.11 Å². The summed E-state index contributed by atoms with van der Waals surface area (Å²) in [5.74, 6) is 0.964. The van der Waals surface area contributed by atoms with Crippen LogP contribution in [0.25, 0.3) is 0 Å². The summed E-state index contributed by atoms with van der Waals surface area (Å²) in [6, 6.07) is 6.36. The second kappa shape index (κ2) is 5.14. The summed E-state index contributed by atoms with van der Waals surface area (Å²) in [5.41, 5.74) is 8.72. The van der Waals surface area contributed by atoms with Crippen LogP contribution in [0.5, 0.6) is 5.75 Å². The van der Waals surface area contributed by atoms with Gasteiger partial charge in [0.15, 0.2) is 0 Å². The molecule has 19 heavy (non-hydrogen) atoms. The van der Waals surface area contributed by atoms with Gasteiger partial charge in [-0.2, -0.15) is 0 Å². The van der Waals surface area contributed by atoms with Crippen LogP contribution < -0.4 is 15.8 Å². The van der Waals surface area contributed by atoms with E-state index in [1.165, 1.54) is 11.1 Å². The predicted molar refractivity (Wildman–Crippen MR) is 79.8 cm³/mol. The average Bonchev–Trinajstić information content (AvgIpc) is 3.07. The molecule has 0 bridgehead atoms. The third-order valence-corrected chi connectivity index (χ3v) is 4.02. The number of nitrogens with one attached hydrogen (secondary N) is 1. The Morgan fingerprint density at radius 1 is 1.37 bits per heavy atom. The number of hydrogen-bond acceptors (Lipinski definition) is 3. The second-order valence-electron chi connectivity index (χ2n) is 6.55. The predicted octanol–water partition coefficient (Wildman–Crippen LogP) is 2.36. The van der Waals surface area contributed by atoms with E-state index in [4.69, 9.17) is 10.5 Å². The Hall–Kier alpha value is -1.06. The van der Waals surface area contributed by atoms with Gasteiger partial charge in [0.1, 0.15) is 5.75 Å². The van der Waals surface area contributed by atoms with Crippen LogP contribution in [0, 0.1) is 6.92 Å². The van der Waals surface area contributed by atoms with Crippen molar-refractivity contribution in [3.63, 3.8) is 0 Å². The van der Waals surface area contributed by atoms with Gasteiger partial charge in [-0.1, -0.05) is 31.5 Å². The minimum Gasteiger partial charge on any atom is -0.496 e. The largest absolute Gasteiger partial charge is 0.496 e. The second-order valence-corrected chi connectivity index (χ2v) is 6.55. The van der Waals surface area contributed by atoms with Crippen LogP contribution in [-0.4, -0.2) is 25.7 Å². The molecule has 0 heterocycles. The molecule has 1 fully saturated rings. The zero-order valence-corrected chi connectivity index (χ0v) is 12.5. The SMILES string of the molecule is COc1ccc(C)cc1C(C)(C)CNCC1(N)CC1. The van der Waals surface area contributed by atoms with Crippen LogP contribution in [0.4, 0.5) is 0 Å². The number of rotatable bonds is 6. The first kappa shape index (κ1) is 14.4. The Bertz CT molecular complexity index is 450. The molecule has 1 saturated carbocycles. The van der Waals surface area contributed by atoms with Crippen LogP contribution >= 0.6 is 0 Å². The first-order chi connectivity index (χ1) is 8.86. The molecule has 0 atom stereocenters. The Kier molecular flexibility index (Phi) is 3.88. The summed E-state index contributed by atoms with van der Waals surface area (Å²) in [5, 5.41) is 3.52. The summed E-state index contributed by atoms with van der Waals surface area (Å²) in [7, 11) is 1.73. The molecule has 0 aromatic heterocycles.